The molecule has 3 heteroatoms. The van der Waals surface area contributed by atoms with E-state index in [9.17, 15) is 4.79 Å². The Hall–Kier alpha value is -0.240. The zero-order valence-corrected chi connectivity index (χ0v) is 8.47. The van der Waals surface area contributed by atoms with E-state index in [4.69, 9.17) is 11.6 Å². The van der Waals surface area contributed by atoms with Gasteiger partial charge in [-0.05, 0) is 25.7 Å². The van der Waals surface area contributed by atoms with Gasteiger partial charge in [-0.25, -0.2) is 0 Å². The van der Waals surface area contributed by atoms with E-state index in [1.165, 1.54) is 6.42 Å². The van der Waals surface area contributed by atoms with Crippen molar-refractivity contribution in [3.05, 3.63) is 0 Å². The summed E-state index contributed by atoms with van der Waals surface area (Å²) in [5, 5.41) is 0. The molecule has 0 N–H and O–H groups in total. The average Bonchev–Trinajstić information content (AvgIpc) is 2.08. The lowest BCUT2D eigenvalue weighted by molar-refractivity contribution is -0.132. The van der Waals surface area contributed by atoms with Crippen LogP contribution < -0.4 is 0 Å². The summed E-state index contributed by atoms with van der Waals surface area (Å²) in [5.41, 5.74) is 0. The van der Waals surface area contributed by atoms with Gasteiger partial charge in [-0.2, -0.15) is 0 Å². The number of alkyl halides is 1. The van der Waals surface area contributed by atoms with E-state index in [-0.39, 0.29) is 11.8 Å². The number of piperidine rings is 1. The number of hydrogen-bond donors (Lipinski definition) is 0. The van der Waals surface area contributed by atoms with Gasteiger partial charge in [0.05, 0.1) is 0 Å². The summed E-state index contributed by atoms with van der Waals surface area (Å²) in [4.78, 5) is 13.2. The van der Waals surface area contributed by atoms with E-state index in [0.717, 1.165) is 13.0 Å². The maximum atomic E-state index is 11.3. The fraction of sp³-hybridized carbons (Fsp3) is 0.889. The van der Waals surface area contributed by atoms with E-state index in [1.54, 1.807) is 0 Å². The summed E-state index contributed by atoms with van der Waals surface area (Å²) in [6.07, 6.45) is 2.35. The summed E-state index contributed by atoms with van der Waals surface area (Å²) in [6, 6.07) is 0.366. The first-order chi connectivity index (χ1) is 5.66. The Morgan fingerprint density at radius 3 is 2.83 bits per heavy atom. The van der Waals surface area contributed by atoms with Crippen molar-refractivity contribution in [3.8, 4) is 0 Å². The standard InChI is InChI=1S/C9H16ClNO/c1-7-4-3-5-11(8(7)2)9(12)6-10/h7-8H,3-6H2,1-2H3. The van der Waals surface area contributed by atoms with E-state index in [0.29, 0.717) is 12.0 Å². The van der Waals surface area contributed by atoms with Crippen LogP contribution in [-0.4, -0.2) is 29.3 Å². The molecule has 0 aromatic rings. The second-order valence-corrected chi connectivity index (χ2v) is 3.85. The van der Waals surface area contributed by atoms with Crippen molar-refractivity contribution in [2.75, 3.05) is 12.4 Å². The van der Waals surface area contributed by atoms with E-state index in [1.807, 2.05) is 4.90 Å². The first kappa shape index (κ1) is 9.85. The van der Waals surface area contributed by atoms with E-state index >= 15 is 0 Å². The van der Waals surface area contributed by atoms with Gasteiger partial charge in [0.1, 0.15) is 5.88 Å². The molecular formula is C9H16ClNO. The van der Waals surface area contributed by atoms with Gasteiger partial charge < -0.3 is 4.90 Å². The van der Waals surface area contributed by atoms with Crippen molar-refractivity contribution in [2.45, 2.75) is 32.7 Å². The van der Waals surface area contributed by atoms with Crippen LogP contribution in [0, 0.1) is 5.92 Å². The molecule has 0 saturated carbocycles. The highest BCUT2D eigenvalue weighted by molar-refractivity contribution is 6.27. The Balaban J connectivity index is 2.57. The van der Waals surface area contributed by atoms with Gasteiger partial charge in [-0.3, -0.25) is 4.79 Å². The molecule has 0 radical (unpaired) electrons. The fourth-order valence-electron chi connectivity index (χ4n) is 1.76. The van der Waals surface area contributed by atoms with Crippen molar-refractivity contribution < 1.29 is 4.79 Å². The first-order valence-corrected chi connectivity index (χ1v) is 5.05. The summed E-state index contributed by atoms with van der Waals surface area (Å²) in [6.45, 7) is 5.18. The third-order valence-electron chi connectivity index (χ3n) is 2.81. The van der Waals surface area contributed by atoms with Crippen LogP contribution in [0.25, 0.3) is 0 Å². The Kier molecular flexibility index (Phi) is 3.39. The number of hydrogen-bond acceptors (Lipinski definition) is 1. The van der Waals surface area contributed by atoms with Crippen molar-refractivity contribution in [1.82, 2.24) is 4.90 Å². The van der Waals surface area contributed by atoms with Crippen LogP contribution in [-0.2, 0) is 4.79 Å². The molecule has 12 heavy (non-hydrogen) atoms. The lowest BCUT2D eigenvalue weighted by Crippen LogP contribution is -2.46. The van der Waals surface area contributed by atoms with Gasteiger partial charge in [-0.15, -0.1) is 11.6 Å². The molecule has 2 unspecified atom stereocenters. The maximum Gasteiger partial charge on any atom is 0.237 e. The van der Waals surface area contributed by atoms with E-state index in [2.05, 4.69) is 13.8 Å². The first-order valence-electron chi connectivity index (χ1n) is 4.52. The fourth-order valence-corrected chi connectivity index (χ4v) is 1.92. The monoisotopic (exact) mass is 189 g/mol. The number of likely N-dealkylation sites (tertiary alicyclic amines) is 1. The number of carbonyl (C=O) groups excluding carboxylic acids is 1. The van der Waals surface area contributed by atoms with Crippen LogP contribution in [0.4, 0.5) is 0 Å². The Labute approximate surface area is 78.9 Å². The average molecular weight is 190 g/mol. The zero-order valence-electron chi connectivity index (χ0n) is 7.72. The number of halogens is 1. The number of amides is 1. The minimum atomic E-state index is 0.0794. The summed E-state index contributed by atoms with van der Waals surface area (Å²) in [5.74, 6) is 0.818. The molecule has 70 valence electrons. The predicted molar refractivity (Wildman–Crippen MR) is 50.3 cm³/mol. The second kappa shape index (κ2) is 4.13. The zero-order chi connectivity index (χ0) is 9.14. The van der Waals surface area contributed by atoms with Crippen LogP contribution in [0.5, 0.6) is 0 Å². The molecule has 1 saturated heterocycles. The minimum Gasteiger partial charge on any atom is -0.339 e. The number of nitrogens with zero attached hydrogens (tertiary/aromatic N) is 1. The lowest BCUT2D eigenvalue weighted by Gasteiger charge is -2.37. The Bertz CT molecular complexity index is 172. The highest BCUT2D eigenvalue weighted by atomic mass is 35.5. The topological polar surface area (TPSA) is 20.3 Å². The minimum absolute atomic E-state index is 0.0794. The van der Waals surface area contributed by atoms with Gasteiger partial charge in [0.2, 0.25) is 5.91 Å². The number of rotatable bonds is 1. The maximum absolute atomic E-state index is 11.3. The molecule has 0 aromatic heterocycles. The molecule has 0 bridgehead atoms. The highest BCUT2D eigenvalue weighted by Gasteiger charge is 2.27. The Morgan fingerprint density at radius 1 is 1.58 bits per heavy atom. The third-order valence-corrected chi connectivity index (χ3v) is 3.04. The summed E-state index contributed by atoms with van der Waals surface area (Å²) in [7, 11) is 0. The smallest absolute Gasteiger partial charge is 0.237 e. The summed E-state index contributed by atoms with van der Waals surface area (Å²) >= 11 is 5.51. The SMILES string of the molecule is CC1CCCN(C(=O)CCl)C1C. The van der Waals surface area contributed by atoms with Crippen LogP contribution in [0.15, 0.2) is 0 Å². The van der Waals surface area contributed by atoms with Crippen LogP contribution in [0.3, 0.4) is 0 Å². The van der Waals surface area contributed by atoms with E-state index < -0.39 is 0 Å². The molecule has 1 rings (SSSR count). The molecule has 1 aliphatic heterocycles. The quantitative estimate of drug-likeness (QED) is 0.577. The lowest BCUT2D eigenvalue weighted by atomic mass is 9.92. The molecule has 1 heterocycles. The van der Waals surface area contributed by atoms with Crippen molar-refractivity contribution in [2.24, 2.45) is 5.92 Å². The third kappa shape index (κ3) is 1.92. The molecule has 2 atom stereocenters. The predicted octanol–water partition coefficient (Wildman–Crippen LogP) is 1.87. The van der Waals surface area contributed by atoms with Gasteiger partial charge in [0, 0.05) is 12.6 Å². The number of carbonyl (C=O) groups is 1. The van der Waals surface area contributed by atoms with Crippen molar-refractivity contribution in [3.63, 3.8) is 0 Å². The van der Waals surface area contributed by atoms with Gasteiger partial charge in [0.25, 0.3) is 0 Å². The van der Waals surface area contributed by atoms with Gasteiger partial charge in [0.15, 0.2) is 0 Å². The molecule has 0 aromatic carbocycles. The highest BCUT2D eigenvalue weighted by Crippen LogP contribution is 2.22. The van der Waals surface area contributed by atoms with Crippen LogP contribution >= 0.6 is 11.6 Å². The molecule has 1 aliphatic rings. The second-order valence-electron chi connectivity index (χ2n) is 3.58. The molecule has 2 nitrogen and oxygen atoms in total. The molecule has 1 fully saturated rings. The molecular weight excluding hydrogens is 174 g/mol. The van der Waals surface area contributed by atoms with Crippen LogP contribution in [0.2, 0.25) is 0 Å². The van der Waals surface area contributed by atoms with Gasteiger partial charge in [-0.1, -0.05) is 6.92 Å². The molecule has 1 amide bonds. The van der Waals surface area contributed by atoms with Crippen LogP contribution in [0.1, 0.15) is 26.7 Å². The summed E-state index contributed by atoms with van der Waals surface area (Å²) < 4.78 is 0. The largest absolute Gasteiger partial charge is 0.339 e. The molecule has 0 aliphatic carbocycles. The van der Waals surface area contributed by atoms with Gasteiger partial charge >= 0.3 is 0 Å². The Morgan fingerprint density at radius 2 is 2.25 bits per heavy atom. The van der Waals surface area contributed by atoms with Crippen molar-refractivity contribution >= 4 is 17.5 Å². The molecule has 0 spiro atoms. The van der Waals surface area contributed by atoms with Crippen molar-refractivity contribution in [1.29, 1.82) is 0 Å². The normalized spacial score (nSPS) is 30.4.